The van der Waals surface area contributed by atoms with Crippen molar-refractivity contribution in [3.63, 3.8) is 0 Å². The number of nitrogens with zero attached hydrogens (tertiary/aromatic N) is 1. The van der Waals surface area contributed by atoms with E-state index in [-0.39, 0.29) is 0 Å². The number of methoxy groups -OCH3 is 2. The molecule has 0 bridgehead atoms. The first kappa shape index (κ1) is 18.4. The molecule has 6 heteroatoms. The van der Waals surface area contributed by atoms with Crippen LogP contribution in [0.4, 0.5) is 0 Å². The first-order valence-corrected chi connectivity index (χ1v) is 8.65. The molecule has 0 aliphatic heterocycles. The molecule has 0 aromatic heterocycles. The monoisotopic (exact) mass is 440 g/mol. The Hall–Kier alpha value is -1.96. The third-order valence-electron chi connectivity index (χ3n) is 3.30. The van der Waals surface area contributed by atoms with Crippen molar-refractivity contribution in [1.29, 1.82) is 0 Å². The zero-order valence-corrected chi connectivity index (χ0v) is 16.2. The minimum absolute atomic E-state index is 0.582. The predicted octanol–water partition coefficient (Wildman–Crippen LogP) is 3.83. The van der Waals surface area contributed by atoms with Crippen molar-refractivity contribution in [1.82, 2.24) is 5.43 Å². The van der Waals surface area contributed by atoms with Gasteiger partial charge < -0.3 is 19.6 Å². The number of halogens is 1. The van der Waals surface area contributed by atoms with E-state index in [1.165, 1.54) is 0 Å². The van der Waals surface area contributed by atoms with Crippen LogP contribution in [0, 0.1) is 3.57 Å². The zero-order chi connectivity index (χ0) is 17.4. The first-order valence-electron chi connectivity index (χ1n) is 7.57. The minimum Gasteiger partial charge on any atom is -0.496 e. The summed E-state index contributed by atoms with van der Waals surface area (Å²) >= 11 is 2.23. The van der Waals surface area contributed by atoms with E-state index in [9.17, 15) is 0 Å². The molecule has 0 amide bonds. The molecule has 0 spiro atoms. The van der Waals surface area contributed by atoms with Crippen molar-refractivity contribution in [2.75, 3.05) is 20.8 Å². The van der Waals surface area contributed by atoms with Gasteiger partial charge in [-0.25, -0.2) is 0 Å². The van der Waals surface area contributed by atoms with Gasteiger partial charge in [-0.2, -0.15) is 5.10 Å². The largest absolute Gasteiger partial charge is 0.496 e. The number of hydrazone groups is 1. The fourth-order valence-corrected chi connectivity index (χ4v) is 3.07. The Morgan fingerprint density at radius 3 is 2.62 bits per heavy atom. The van der Waals surface area contributed by atoms with E-state index in [2.05, 4.69) is 33.1 Å². The molecule has 5 nitrogen and oxygen atoms in total. The van der Waals surface area contributed by atoms with Gasteiger partial charge in [0.25, 0.3) is 0 Å². The van der Waals surface area contributed by atoms with E-state index in [4.69, 9.17) is 14.2 Å². The summed E-state index contributed by atoms with van der Waals surface area (Å²) in [4.78, 5) is 0. The number of hydrogen-bond donors (Lipinski definition) is 1. The molecule has 0 saturated carbocycles. The summed E-state index contributed by atoms with van der Waals surface area (Å²) in [6.07, 6.45) is 1.76. The van der Waals surface area contributed by atoms with Gasteiger partial charge in [-0.1, -0.05) is 18.2 Å². The molecule has 0 atom stereocenters. The molecule has 24 heavy (non-hydrogen) atoms. The number of hydrogen-bond acceptors (Lipinski definition) is 5. The minimum atomic E-state index is 0.582. The fraction of sp³-hybridized carbons (Fsp3) is 0.278. The molecule has 0 radical (unpaired) electrons. The number of para-hydroxylation sites is 1. The van der Waals surface area contributed by atoms with Gasteiger partial charge in [-0.15, -0.1) is 0 Å². The summed E-state index contributed by atoms with van der Waals surface area (Å²) in [5, 5.41) is 4.28. The highest BCUT2D eigenvalue weighted by Gasteiger charge is 2.10. The number of rotatable bonds is 8. The van der Waals surface area contributed by atoms with E-state index in [0.29, 0.717) is 13.2 Å². The smallest absolute Gasteiger partial charge is 0.174 e. The predicted molar refractivity (Wildman–Crippen MR) is 104 cm³/mol. The lowest BCUT2D eigenvalue weighted by atomic mass is 10.2. The van der Waals surface area contributed by atoms with Gasteiger partial charge in [-0.3, -0.25) is 0 Å². The second kappa shape index (κ2) is 9.36. The molecule has 1 N–H and O–H groups in total. The van der Waals surface area contributed by atoms with Crippen molar-refractivity contribution >= 4 is 28.8 Å². The standard InChI is InChI=1S/C18H21IN2O3/c1-4-24-17-10-13(9-15(19)18(17)23-3)11-20-21-12-14-7-5-6-8-16(14)22-2/h5-11,21H,4,12H2,1-3H3/b20-11-. The van der Waals surface area contributed by atoms with Crippen LogP contribution in [-0.4, -0.2) is 27.0 Å². The first-order chi connectivity index (χ1) is 11.7. The van der Waals surface area contributed by atoms with Crippen LogP contribution in [0.5, 0.6) is 17.2 Å². The summed E-state index contributed by atoms with van der Waals surface area (Å²) in [5.74, 6) is 2.31. The number of ether oxygens (including phenoxy) is 3. The van der Waals surface area contributed by atoms with E-state index in [1.54, 1.807) is 20.4 Å². The third kappa shape index (κ3) is 4.77. The summed E-state index contributed by atoms with van der Waals surface area (Å²) < 4.78 is 17.3. The molecule has 2 rings (SSSR count). The SMILES string of the molecule is CCOc1cc(/C=N\NCc2ccccc2OC)cc(I)c1OC. The second-order valence-electron chi connectivity index (χ2n) is 4.87. The normalized spacial score (nSPS) is 10.7. The Morgan fingerprint density at radius 2 is 1.92 bits per heavy atom. The Bertz CT molecular complexity index is 705. The van der Waals surface area contributed by atoms with Gasteiger partial charge in [-0.05, 0) is 53.3 Å². The molecule has 2 aromatic carbocycles. The van der Waals surface area contributed by atoms with Gasteiger partial charge in [0.15, 0.2) is 11.5 Å². The molecule has 0 aliphatic rings. The number of nitrogens with one attached hydrogen (secondary N) is 1. The summed E-state index contributed by atoms with van der Waals surface area (Å²) in [6, 6.07) is 11.8. The van der Waals surface area contributed by atoms with Gasteiger partial charge in [0.1, 0.15) is 5.75 Å². The van der Waals surface area contributed by atoms with Crippen molar-refractivity contribution in [2.24, 2.45) is 5.10 Å². The molecule has 0 heterocycles. The average molecular weight is 440 g/mol. The van der Waals surface area contributed by atoms with E-state index < -0.39 is 0 Å². The lowest BCUT2D eigenvalue weighted by Gasteiger charge is -2.12. The lowest BCUT2D eigenvalue weighted by molar-refractivity contribution is 0.309. The molecule has 2 aromatic rings. The van der Waals surface area contributed by atoms with Gasteiger partial charge in [0, 0.05) is 5.56 Å². The topological polar surface area (TPSA) is 52.1 Å². The van der Waals surface area contributed by atoms with E-state index in [0.717, 1.165) is 31.9 Å². The molecule has 0 unspecified atom stereocenters. The summed E-state index contributed by atoms with van der Waals surface area (Å²) in [5.41, 5.74) is 5.03. The van der Waals surface area contributed by atoms with Crippen molar-refractivity contribution in [3.05, 3.63) is 51.1 Å². The van der Waals surface area contributed by atoms with Crippen LogP contribution >= 0.6 is 22.6 Å². The molecule has 0 aliphatic carbocycles. The highest BCUT2D eigenvalue weighted by Crippen LogP contribution is 2.33. The summed E-state index contributed by atoms with van der Waals surface area (Å²) in [6.45, 7) is 3.12. The Labute approximate surface area is 156 Å². The highest BCUT2D eigenvalue weighted by atomic mass is 127. The molecule has 128 valence electrons. The van der Waals surface area contributed by atoms with Gasteiger partial charge in [0.05, 0.1) is 37.2 Å². The Kier molecular flexibility index (Phi) is 7.17. The average Bonchev–Trinajstić information content (AvgIpc) is 2.59. The van der Waals surface area contributed by atoms with Crippen LogP contribution in [0.1, 0.15) is 18.1 Å². The van der Waals surface area contributed by atoms with Crippen molar-refractivity contribution < 1.29 is 14.2 Å². The van der Waals surface area contributed by atoms with Crippen LogP contribution in [-0.2, 0) is 6.54 Å². The van der Waals surface area contributed by atoms with Crippen LogP contribution in [0.15, 0.2) is 41.5 Å². The lowest BCUT2D eigenvalue weighted by Crippen LogP contribution is -2.07. The second-order valence-corrected chi connectivity index (χ2v) is 6.03. The van der Waals surface area contributed by atoms with E-state index in [1.807, 2.05) is 43.3 Å². The third-order valence-corrected chi connectivity index (χ3v) is 4.10. The van der Waals surface area contributed by atoms with E-state index >= 15 is 0 Å². The maximum atomic E-state index is 5.63. The Balaban J connectivity index is 2.06. The Morgan fingerprint density at radius 1 is 1.12 bits per heavy atom. The van der Waals surface area contributed by atoms with Crippen LogP contribution in [0.2, 0.25) is 0 Å². The van der Waals surface area contributed by atoms with Gasteiger partial charge >= 0.3 is 0 Å². The van der Waals surface area contributed by atoms with Crippen molar-refractivity contribution in [2.45, 2.75) is 13.5 Å². The molecular formula is C18H21IN2O3. The maximum Gasteiger partial charge on any atom is 0.174 e. The quantitative estimate of drug-likeness (QED) is 0.385. The molecule has 0 saturated heterocycles. The molecular weight excluding hydrogens is 419 g/mol. The van der Waals surface area contributed by atoms with Crippen LogP contribution < -0.4 is 19.6 Å². The number of benzene rings is 2. The zero-order valence-electron chi connectivity index (χ0n) is 14.0. The maximum absolute atomic E-state index is 5.63. The van der Waals surface area contributed by atoms with Crippen molar-refractivity contribution in [3.8, 4) is 17.2 Å². The highest BCUT2D eigenvalue weighted by molar-refractivity contribution is 14.1. The van der Waals surface area contributed by atoms with Gasteiger partial charge in [0.2, 0.25) is 0 Å². The fourth-order valence-electron chi connectivity index (χ4n) is 2.22. The van der Waals surface area contributed by atoms with Crippen LogP contribution in [0.3, 0.4) is 0 Å². The molecule has 0 fully saturated rings. The van der Waals surface area contributed by atoms with Crippen LogP contribution in [0.25, 0.3) is 0 Å². The summed E-state index contributed by atoms with van der Waals surface area (Å²) in [7, 11) is 3.30.